The summed E-state index contributed by atoms with van der Waals surface area (Å²) in [6, 6.07) is 13.0. The molecule has 0 unspecified atom stereocenters. The number of nitro benzene ring substituents is 2. The molecule has 3 aromatic rings. The lowest BCUT2D eigenvalue weighted by atomic mass is 10.2. The first-order valence-electron chi connectivity index (χ1n) is 7.31. The minimum absolute atomic E-state index is 0.167. The molecule has 0 radical (unpaired) electrons. The maximum absolute atomic E-state index is 11.1. The SMILES string of the molecule is O=S(=O)([O-])[O-].O=[N+]([O-])c1ccc(N[n+]2ccc3ccccc3c2)c([N+](=O)[O-])c1. The van der Waals surface area contributed by atoms with E-state index in [1.807, 2.05) is 30.3 Å². The molecule has 2 aromatic carbocycles. The molecule has 12 nitrogen and oxygen atoms in total. The van der Waals surface area contributed by atoms with Crippen molar-refractivity contribution >= 4 is 38.2 Å². The van der Waals surface area contributed by atoms with Gasteiger partial charge < -0.3 is 9.11 Å². The Labute approximate surface area is 157 Å². The predicted octanol–water partition coefficient (Wildman–Crippen LogP) is 1.48. The standard InChI is InChI=1S/C15H11N4O4.H2O4S/c20-18(21)13-5-6-14(15(9-13)19(22)23)16-17-8-7-11-3-1-2-4-12(11)10-17;1-5(2,3)4/h1-10,16H;(H2,1,2,3,4)/q+1;/p-2. The number of rotatable bonds is 4. The summed E-state index contributed by atoms with van der Waals surface area (Å²) in [5.41, 5.74) is 2.34. The van der Waals surface area contributed by atoms with Crippen molar-refractivity contribution in [2.75, 3.05) is 5.43 Å². The largest absolute Gasteiger partial charge is 0.759 e. The third-order valence-electron chi connectivity index (χ3n) is 3.33. The van der Waals surface area contributed by atoms with Gasteiger partial charge in [0.05, 0.1) is 15.9 Å². The van der Waals surface area contributed by atoms with Gasteiger partial charge >= 0.3 is 5.69 Å². The molecule has 0 bridgehead atoms. The van der Waals surface area contributed by atoms with E-state index in [-0.39, 0.29) is 17.1 Å². The number of nitro groups is 2. The second kappa shape index (κ2) is 8.34. The van der Waals surface area contributed by atoms with Gasteiger partial charge in [0.2, 0.25) is 12.4 Å². The fourth-order valence-electron chi connectivity index (χ4n) is 2.22. The molecule has 0 spiro atoms. The fraction of sp³-hybridized carbons (Fsp3) is 0. The highest BCUT2D eigenvalue weighted by molar-refractivity contribution is 7.79. The molecule has 146 valence electrons. The Bertz CT molecular complexity index is 1140. The monoisotopic (exact) mass is 407 g/mol. The summed E-state index contributed by atoms with van der Waals surface area (Å²) in [6.45, 7) is 0. The van der Waals surface area contributed by atoms with Crippen molar-refractivity contribution in [3.05, 3.63) is 81.2 Å². The number of anilines is 1. The summed E-state index contributed by atoms with van der Waals surface area (Å²) in [4.78, 5) is 20.6. The van der Waals surface area contributed by atoms with Crippen LogP contribution < -0.4 is 10.1 Å². The minimum atomic E-state index is -5.17. The zero-order valence-electron chi connectivity index (χ0n) is 13.8. The van der Waals surface area contributed by atoms with Crippen LogP contribution in [-0.4, -0.2) is 27.4 Å². The van der Waals surface area contributed by atoms with Gasteiger partial charge in [0.15, 0.2) is 5.69 Å². The second-order valence-corrected chi connectivity index (χ2v) is 6.03. The first kappa shape index (κ1) is 20.6. The van der Waals surface area contributed by atoms with Crippen LogP contribution in [0.2, 0.25) is 0 Å². The van der Waals surface area contributed by atoms with Crippen molar-refractivity contribution in [3.63, 3.8) is 0 Å². The first-order chi connectivity index (χ1) is 13.0. The maximum Gasteiger partial charge on any atom is 0.305 e. The number of fused-ring (bicyclic) bond motifs is 1. The summed E-state index contributed by atoms with van der Waals surface area (Å²) >= 11 is 0. The Kier molecular flexibility index (Phi) is 6.15. The van der Waals surface area contributed by atoms with Crippen molar-refractivity contribution in [3.8, 4) is 0 Å². The highest BCUT2D eigenvalue weighted by atomic mass is 32.3. The topological polar surface area (TPSA) is 182 Å². The molecule has 0 aliphatic heterocycles. The minimum Gasteiger partial charge on any atom is -0.759 e. The molecule has 1 heterocycles. The lowest BCUT2D eigenvalue weighted by Gasteiger charge is -2.06. The fourth-order valence-corrected chi connectivity index (χ4v) is 2.22. The van der Waals surface area contributed by atoms with Gasteiger partial charge in [-0.3, -0.25) is 28.6 Å². The number of nitrogens with zero attached hydrogens (tertiary/aromatic N) is 3. The number of benzene rings is 2. The average Bonchev–Trinajstić information content (AvgIpc) is 2.60. The quantitative estimate of drug-likeness (QED) is 0.220. The summed E-state index contributed by atoms with van der Waals surface area (Å²) in [5.74, 6) is 0. The Morgan fingerprint density at radius 3 is 2.07 bits per heavy atom. The molecular weight excluding hydrogens is 396 g/mol. The Hall–Kier alpha value is -3.68. The van der Waals surface area contributed by atoms with Crippen molar-refractivity contribution in [2.45, 2.75) is 0 Å². The van der Waals surface area contributed by atoms with Crippen molar-refractivity contribution in [1.82, 2.24) is 0 Å². The molecule has 1 aromatic heterocycles. The second-order valence-electron chi connectivity index (χ2n) is 5.22. The van der Waals surface area contributed by atoms with Gasteiger partial charge in [-0.25, -0.2) is 0 Å². The van der Waals surface area contributed by atoms with Gasteiger partial charge in [0, 0.05) is 27.9 Å². The molecule has 0 amide bonds. The van der Waals surface area contributed by atoms with Crippen LogP contribution in [0.25, 0.3) is 10.8 Å². The Balaban J connectivity index is 0.000000500. The highest BCUT2D eigenvalue weighted by Crippen LogP contribution is 2.28. The van der Waals surface area contributed by atoms with E-state index in [0.29, 0.717) is 0 Å². The van der Waals surface area contributed by atoms with Gasteiger partial charge in [0.1, 0.15) is 0 Å². The van der Waals surface area contributed by atoms with E-state index >= 15 is 0 Å². The van der Waals surface area contributed by atoms with Crippen LogP contribution in [0.1, 0.15) is 0 Å². The van der Waals surface area contributed by atoms with Crippen molar-refractivity contribution in [2.24, 2.45) is 0 Å². The third-order valence-corrected chi connectivity index (χ3v) is 3.33. The molecule has 0 saturated heterocycles. The lowest BCUT2D eigenvalue weighted by molar-refractivity contribution is -0.641. The molecule has 1 N–H and O–H groups in total. The van der Waals surface area contributed by atoms with Crippen LogP contribution >= 0.6 is 0 Å². The van der Waals surface area contributed by atoms with E-state index in [4.69, 9.17) is 17.5 Å². The molecule has 0 fully saturated rings. The van der Waals surface area contributed by atoms with E-state index in [9.17, 15) is 20.2 Å². The number of hydrogen-bond acceptors (Lipinski definition) is 9. The third kappa shape index (κ3) is 5.94. The van der Waals surface area contributed by atoms with E-state index in [1.54, 1.807) is 17.1 Å². The molecule has 3 rings (SSSR count). The maximum atomic E-state index is 11.1. The zero-order chi connectivity index (χ0) is 20.9. The molecule has 13 heteroatoms. The molecule has 0 aliphatic rings. The molecule has 0 saturated carbocycles. The van der Waals surface area contributed by atoms with Crippen LogP contribution in [0.4, 0.5) is 17.1 Å². The van der Waals surface area contributed by atoms with E-state index in [2.05, 4.69) is 5.43 Å². The molecule has 0 atom stereocenters. The smallest absolute Gasteiger partial charge is 0.305 e. The summed E-state index contributed by atoms with van der Waals surface area (Å²) < 4.78 is 35.6. The van der Waals surface area contributed by atoms with Crippen molar-refractivity contribution in [1.29, 1.82) is 0 Å². The van der Waals surface area contributed by atoms with E-state index in [1.165, 1.54) is 12.1 Å². The van der Waals surface area contributed by atoms with Crippen molar-refractivity contribution < 1.29 is 32.0 Å². The van der Waals surface area contributed by atoms with E-state index in [0.717, 1.165) is 16.8 Å². The van der Waals surface area contributed by atoms with Gasteiger partial charge in [0.25, 0.3) is 5.69 Å². The van der Waals surface area contributed by atoms with Gasteiger partial charge in [-0.05, 0) is 17.5 Å². The molecule has 0 aliphatic carbocycles. The number of nitrogens with one attached hydrogen (secondary N) is 1. The van der Waals surface area contributed by atoms with Crippen LogP contribution in [0, 0.1) is 20.2 Å². The van der Waals surface area contributed by atoms with Crippen LogP contribution in [-0.2, 0) is 10.4 Å². The Morgan fingerprint density at radius 2 is 1.50 bits per heavy atom. The van der Waals surface area contributed by atoms with Gasteiger partial charge in [-0.1, -0.05) is 22.9 Å². The highest BCUT2D eigenvalue weighted by Gasteiger charge is 2.21. The normalized spacial score (nSPS) is 10.6. The summed E-state index contributed by atoms with van der Waals surface area (Å²) in [7, 11) is -5.17. The number of non-ortho nitro benzene ring substituents is 1. The molecular formula is C15H11N4O8S-. The van der Waals surface area contributed by atoms with Crippen LogP contribution in [0.15, 0.2) is 60.9 Å². The first-order valence-corrected chi connectivity index (χ1v) is 8.64. The Morgan fingerprint density at radius 1 is 0.893 bits per heavy atom. The number of hydrogen-bond donors (Lipinski definition) is 1. The van der Waals surface area contributed by atoms with Crippen LogP contribution in [0.3, 0.4) is 0 Å². The number of pyridine rings is 1. The van der Waals surface area contributed by atoms with Gasteiger partial charge in [-0.2, -0.15) is 5.43 Å². The molecule has 28 heavy (non-hydrogen) atoms. The van der Waals surface area contributed by atoms with Gasteiger partial charge in [-0.15, -0.1) is 0 Å². The average molecular weight is 407 g/mol. The predicted molar refractivity (Wildman–Crippen MR) is 93.4 cm³/mol. The summed E-state index contributed by atoms with van der Waals surface area (Å²) in [5, 5.41) is 23.9. The van der Waals surface area contributed by atoms with Crippen LogP contribution in [0.5, 0.6) is 0 Å². The summed E-state index contributed by atoms with van der Waals surface area (Å²) in [6.07, 6.45) is 3.49. The lowest BCUT2D eigenvalue weighted by Crippen LogP contribution is -2.41. The number of aromatic nitrogens is 1. The zero-order valence-corrected chi connectivity index (χ0v) is 14.6. The van der Waals surface area contributed by atoms with E-state index < -0.39 is 20.2 Å².